The molecule has 1 atom stereocenters. The molecule has 0 saturated heterocycles. The Hall–Kier alpha value is -1.51. The number of benzene rings is 2. The van der Waals surface area contributed by atoms with Gasteiger partial charge in [0, 0.05) is 11.1 Å². The maximum Gasteiger partial charge on any atom is 0.130 e. The fourth-order valence-electron chi connectivity index (χ4n) is 2.17. The summed E-state index contributed by atoms with van der Waals surface area (Å²) in [7, 11) is 0. The summed E-state index contributed by atoms with van der Waals surface area (Å²) in [5, 5.41) is 0.710. The van der Waals surface area contributed by atoms with Crippen LogP contribution in [0.5, 0.6) is 11.5 Å². The molecule has 0 aliphatic carbocycles. The third kappa shape index (κ3) is 4.23. The topological polar surface area (TPSA) is 35.2 Å². The summed E-state index contributed by atoms with van der Waals surface area (Å²) in [5.41, 5.74) is 9.42. The van der Waals surface area contributed by atoms with Gasteiger partial charge in [0.1, 0.15) is 11.5 Å². The highest BCUT2D eigenvalue weighted by Gasteiger charge is 2.11. The summed E-state index contributed by atoms with van der Waals surface area (Å²) in [6, 6.07) is 12.0. The highest BCUT2D eigenvalue weighted by atomic mass is 35.5. The van der Waals surface area contributed by atoms with Gasteiger partial charge >= 0.3 is 0 Å². The Bertz CT molecular complexity index is 625. The molecule has 0 amide bonds. The first-order chi connectivity index (χ1) is 9.99. The molecule has 1 unspecified atom stereocenters. The van der Waals surface area contributed by atoms with E-state index in [1.807, 2.05) is 31.2 Å². The van der Waals surface area contributed by atoms with Crippen LogP contribution >= 0.6 is 11.6 Å². The summed E-state index contributed by atoms with van der Waals surface area (Å²) in [6.07, 6.45) is 1.69. The van der Waals surface area contributed by atoms with Crippen molar-refractivity contribution in [1.29, 1.82) is 0 Å². The van der Waals surface area contributed by atoms with Crippen molar-refractivity contribution in [3.05, 3.63) is 58.1 Å². The van der Waals surface area contributed by atoms with Gasteiger partial charge in [-0.05, 0) is 67.6 Å². The molecule has 0 radical (unpaired) electrons. The van der Waals surface area contributed by atoms with E-state index in [0.717, 1.165) is 35.5 Å². The number of ether oxygens (including phenoxy) is 1. The van der Waals surface area contributed by atoms with E-state index >= 15 is 0 Å². The molecule has 2 nitrogen and oxygen atoms in total. The molecule has 2 N–H and O–H groups in total. The van der Waals surface area contributed by atoms with Crippen LogP contribution in [0.2, 0.25) is 5.02 Å². The Morgan fingerprint density at radius 3 is 2.57 bits per heavy atom. The van der Waals surface area contributed by atoms with Gasteiger partial charge in [0.05, 0.1) is 0 Å². The molecule has 2 aromatic rings. The molecule has 2 rings (SSSR count). The number of nitrogens with two attached hydrogens (primary N) is 1. The van der Waals surface area contributed by atoms with Gasteiger partial charge in [0.25, 0.3) is 0 Å². The smallest absolute Gasteiger partial charge is 0.130 e. The third-order valence-corrected chi connectivity index (χ3v) is 3.83. The van der Waals surface area contributed by atoms with E-state index < -0.39 is 0 Å². The van der Waals surface area contributed by atoms with Gasteiger partial charge in [-0.1, -0.05) is 30.7 Å². The second-order valence-corrected chi connectivity index (χ2v) is 5.93. The largest absolute Gasteiger partial charge is 0.457 e. The first-order valence-corrected chi connectivity index (χ1v) is 7.66. The Kier molecular flexibility index (Phi) is 5.27. The van der Waals surface area contributed by atoms with Gasteiger partial charge < -0.3 is 10.5 Å². The summed E-state index contributed by atoms with van der Waals surface area (Å²) >= 11 is 6.11. The standard InChI is InChI=1S/C18H22ClNO/c1-4-16(20)11-14-10-15(19)7-8-17(14)21-18-9-12(2)5-6-13(18)3/h5-10,16H,4,11,20H2,1-3H3. The van der Waals surface area contributed by atoms with Crippen molar-refractivity contribution in [2.75, 3.05) is 0 Å². The molecular formula is C18H22ClNO. The lowest BCUT2D eigenvalue weighted by molar-refractivity contribution is 0.468. The summed E-state index contributed by atoms with van der Waals surface area (Å²) in [6.45, 7) is 6.19. The van der Waals surface area contributed by atoms with Crippen molar-refractivity contribution in [2.24, 2.45) is 5.73 Å². The molecular weight excluding hydrogens is 282 g/mol. The summed E-state index contributed by atoms with van der Waals surface area (Å²) in [4.78, 5) is 0. The van der Waals surface area contributed by atoms with E-state index in [4.69, 9.17) is 22.1 Å². The number of aryl methyl sites for hydroxylation is 2. The van der Waals surface area contributed by atoms with E-state index in [9.17, 15) is 0 Å². The van der Waals surface area contributed by atoms with Crippen LogP contribution in [0.4, 0.5) is 0 Å². The van der Waals surface area contributed by atoms with Gasteiger partial charge in [-0.25, -0.2) is 0 Å². The van der Waals surface area contributed by atoms with Crippen molar-refractivity contribution < 1.29 is 4.74 Å². The fourth-order valence-corrected chi connectivity index (χ4v) is 2.36. The van der Waals surface area contributed by atoms with Crippen molar-refractivity contribution in [2.45, 2.75) is 39.7 Å². The van der Waals surface area contributed by atoms with Crippen LogP contribution in [-0.4, -0.2) is 6.04 Å². The van der Waals surface area contributed by atoms with Crippen LogP contribution in [0.25, 0.3) is 0 Å². The Labute approximate surface area is 131 Å². The lowest BCUT2D eigenvalue weighted by Crippen LogP contribution is -2.21. The molecule has 0 aliphatic rings. The maximum absolute atomic E-state index is 6.11. The maximum atomic E-state index is 6.11. The Morgan fingerprint density at radius 2 is 1.86 bits per heavy atom. The van der Waals surface area contributed by atoms with Crippen molar-refractivity contribution >= 4 is 11.6 Å². The molecule has 0 fully saturated rings. The highest BCUT2D eigenvalue weighted by Crippen LogP contribution is 2.31. The first kappa shape index (κ1) is 15.9. The minimum Gasteiger partial charge on any atom is -0.457 e. The highest BCUT2D eigenvalue weighted by molar-refractivity contribution is 6.30. The van der Waals surface area contributed by atoms with E-state index in [1.54, 1.807) is 0 Å². The Balaban J connectivity index is 2.32. The second kappa shape index (κ2) is 6.97. The van der Waals surface area contributed by atoms with Crippen LogP contribution < -0.4 is 10.5 Å². The zero-order chi connectivity index (χ0) is 15.4. The van der Waals surface area contributed by atoms with Gasteiger partial charge in [-0.2, -0.15) is 0 Å². The SMILES string of the molecule is CCC(N)Cc1cc(Cl)ccc1Oc1cc(C)ccc1C. The van der Waals surface area contributed by atoms with E-state index in [1.165, 1.54) is 5.56 Å². The third-order valence-electron chi connectivity index (χ3n) is 3.59. The van der Waals surface area contributed by atoms with Crippen LogP contribution in [0.1, 0.15) is 30.0 Å². The van der Waals surface area contributed by atoms with E-state index in [0.29, 0.717) is 5.02 Å². The van der Waals surface area contributed by atoms with Crippen molar-refractivity contribution in [3.8, 4) is 11.5 Å². The van der Waals surface area contributed by atoms with E-state index in [2.05, 4.69) is 26.0 Å². The average Bonchev–Trinajstić information content (AvgIpc) is 2.45. The lowest BCUT2D eigenvalue weighted by Gasteiger charge is -2.16. The summed E-state index contributed by atoms with van der Waals surface area (Å²) < 4.78 is 6.11. The van der Waals surface area contributed by atoms with Gasteiger partial charge in [-0.15, -0.1) is 0 Å². The lowest BCUT2D eigenvalue weighted by atomic mass is 10.0. The molecule has 0 bridgehead atoms. The second-order valence-electron chi connectivity index (χ2n) is 5.50. The number of halogens is 1. The molecule has 0 heterocycles. The van der Waals surface area contributed by atoms with Crippen LogP contribution in [0.3, 0.4) is 0 Å². The molecule has 0 aliphatic heterocycles. The number of hydrogen-bond acceptors (Lipinski definition) is 2. The zero-order valence-electron chi connectivity index (χ0n) is 12.8. The molecule has 0 spiro atoms. The summed E-state index contributed by atoms with van der Waals surface area (Å²) in [5.74, 6) is 1.71. The van der Waals surface area contributed by atoms with Gasteiger partial charge in [0.2, 0.25) is 0 Å². The Morgan fingerprint density at radius 1 is 1.10 bits per heavy atom. The van der Waals surface area contributed by atoms with E-state index in [-0.39, 0.29) is 6.04 Å². The fraction of sp³-hybridized carbons (Fsp3) is 0.333. The first-order valence-electron chi connectivity index (χ1n) is 7.28. The molecule has 3 heteroatoms. The minimum absolute atomic E-state index is 0.115. The zero-order valence-corrected chi connectivity index (χ0v) is 13.6. The predicted octanol–water partition coefficient (Wildman–Crippen LogP) is 5.03. The molecule has 0 aromatic heterocycles. The quantitative estimate of drug-likeness (QED) is 0.841. The molecule has 112 valence electrons. The number of rotatable bonds is 5. The molecule has 21 heavy (non-hydrogen) atoms. The normalized spacial score (nSPS) is 12.2. The van der Waals surface area contributed by atoms with Crippen molar-refractivity contribution in [3.63, 3.8) is 0 Å². The van der Waals surface area contributed by atoms with Crippen molar-refractivity contribution in [1.82, 2.24) is 0 Å². The molecule has 2 aromatic carbocycles. The van der Waals surface area contributed by atoms with Crippen LogP contribution in [-0.2, 0) is 6.42 Å². The molecule has 0 saturated carbocycles. The van der Waals surface area contributed by atoms with Gasteiger partial charge in [-0.3, -0.25) is 0 Å². The predicted molar refractivity (Wildman–Crippen MR) is 89.4 cm³/mol. The van der Waals surface area contributed by atoms with Crippen LogP contribution in [0, 0.1) is 13.8 Å². The van der Waals surface area contributed by atoms with Crippen LogP contribution in [0.15, 0.2) is 36.4 Å². The number of hydrogen-bond donors (Lipinski definition) is 1. The minimum atomic E-state index is 0.115. The average molecular weight is 304 g/mol. The van der Waals surface area contributed by atoms with Gasteiger partial charge in [0.15, 0.2) is 0 Å². The monoisotopic (exact) mass is 303 g/mol.